The van der Waals surface area contributed by atoms with Gasteiger partial charge in [-0.25, -0.2) is 13.1 Å². The molecule has 0 heterocycles. The first-order valence-corrected chi connectivity index (χ1v) is 6.88. The summed E-state index contributed by atoms with van der Waals surface area (Å²) in [6, 6.07) is 4.92. The monoisotopic (exact) mass is 271 g/mol. The Hall–Kier alpha value is -1.60. The molecule has 18 heavy (non-hydrogen) atoms. The molecule has 0 aliphatic rings. The molecule has 7 heteroatoms. The van der Waals surface area contributed by atoms with Crippen molar-refractivity contribution in [3.63, 3.8) is 0 Å². The first kappa shape index (κ1) is 14.5. The van der Waals surface area contributed by atoms with Crippen molar-refractivity contribution in [2.24, 2.45) is 10.9 Å². The van der Waals surface area contributed by atoms with Gasteiger partial charge in [0, 0.05) is 13.0 Å². The SMILES string of the molecule is Cc1ccc(S(=O)(=O)NCCC(N)=NO)cc1C. The van der Waals surface area contributed by atoms with Crippen molar-refractivity contribution in [2.75, 3.05) is 6.54 Å². The molecular formula is C11H17N3O3S. The van der Waals surface area contributed by atoms with Gasteiger partial charge in [0.25, 0.3) is 0 Å². The van der Waals surface area contributed by atoms with Gasteiger partial charge in [0.1, 0.15) is 5.84 Å². The van der Waals surface area contributed by atoms with Crippen LogP contribution >= 0.6 is 0 Å². The van der Waals surface area contributed by atoms with Crippen molar-refractivity contribution < 1.29 is 13.6 Å². The summed E-state index contributed by atoms with van der Waals surface area (Å²) in [7, 11) is -3.55. The van der Waals surface area contributed by atoms with E-state index >= 15 is 0 Å². The summed E-state index contributed by atoms with van der Waals surface area (Å²) < 4.78 is 26.2. The van der Waals surface area contributed by atoms with Crippen LogP contribution in [0.15, 0.2) is 28.3 Å². The zero-order valence-electron chi connectivity index (χ0n) is 10.3. The number of benzene rings is 1. The zero-order chi connectivity index (χ0) is 13.8. The van der Waals surface area contributed by atoms with Gasteiger partial charge in [0.2, 0.25) is 10.0 Å². The van der Waals surface area contributed by atoms with Crippen LogP contribution in [0.4, 0.5) is 0 Å². The molecule has 0 spiro atoms. The summed E-state index contributed by atoms with van der Waals surface area (Å²) in [5.41, 5.74) is 7.19. The molecule has 0 aliphatic heterocycles. The van der Waals surface area contributed by atoms with Crippen molar-refractivity contribution in [2.45, 2.75) is 25.2 Å². The van der Waals surface area contributed by atoms with Gasteiger partial charge >= 0.3 is 0 Å². The van der Waals surface area contributed by atoms with E-state index in [9.17, 15) is 8.42 Å². The number of nitrogens with one attached hydrogen (secondary N) is 1. The van der Waals surface area contributed by atoms with Gasteiger partial charge in [0.15, 0.2) is 0 Å². The third kappa shape index (κ3) is 3.71. The van der Waals surface area contributed by atoms with E-state index in [-0.39, 0.29) is 23.7 Å². The second-order valence-corrected chi connectivity index (χ2v) is 5.75. The summed E-state index contributed by atoms with van der Waals surface area (Å²) in [4.78, 5) is 0.213. The summed E-state index contributed by atoms with van der Waals surface area (Å²) >= 11 is 0. The Balaban J connectivity index is 2.77. The molecule has 0 atom stereocenters. The van der Waals surface area contributed by atoms with E-state index in [1.807, 2.05) is 13.8 Å². The second-order valence-electron chi connectivity index (χ2n) is 3.99. The first-order chi connectivity index (χ1) is 8.36. The number of rotatable bonds is 5. The van der Waals surface area contributed by atoms with Gasteiger partial charge in [-0.2, -0.15) is 0 Å². The maximum absolute atomic E-state index is 11.9. The van der Waals surface area contributed by atoms with Crippen molar-refractivity contribution in [1.29, 1.82) is 0 Å². The third-order valence-corrected chi connectivity index (χ3v) is 4.05. The van der Waals surface area contributed by atoms with Crippen LogP contribution in [0.5, 0.6) is 0 Å². The molecular weight excluding hydrogens is 254 g/mol. The molecule has 1 aromatic carbocycles. The van der Waals surface area contributed by atoms with E-state index in [1.54, 1.807) is 18.2 Å². The average Bonchev–Trinajstić information content (AvgIpc) is 2.32. The van der Waals surface area contributed by atoms with Crippen LogP contribution < -0.4 is 10.5 Å². The number of hydrogen-bond donors (Lipinski definition) is 3. The smallest absolute Gasteiger partial charge is 0.240 e. The molecule has 0 unspecified atom stereocenters. The number of nitrogens with zero attached hydrogens (tertiary/aromatic N) is 1. The lowest BCUT2D eigenvalue weighted by atomic mass is 10.1. The maximum Gasteiger partial charge on any atom is 0.240 e. The highest BCUT2D eigenvalue weighted by Crippen LogP contribution is 2.14. The number of amidine groups is 1. The molecule has 100 valence electrons. The Morgan fingerprint density at radius 3 is 2.61 bits per heavy atom. The predicted molar refractivity (Wildman–Crippen MR) is 69.1 cm³/mol. The third-order valence-electron chi connectivity index (χ3n) is 2.59. The molecule has 0 fully saturated rings. The van der Waals surface area contributed by atoms with Gasteiger partial charge in [-0.05, 0) is 37.1 Å². The fourth-order valence-electron chi connectivity index (χ4n) is 1.33. The lowest BCUT2D eigenvalue weighted by molar-refractivity contribution is 0.317. The highest BCUT2D eigenvalue weighted by molar-refractivity contribution is 7.89. The van der Waals surface area contributed by atoms with Crippen molar-refractivity contribution >= 4 is 15.9 Å². The van der Waals surface area contributed by atoms with Crippen LogP contribution in [-0.4, -0.2) is 26.0 Å². The van der Waals surface area contributed by atoms with E-state index in [2.05, 4.69) is 9.88 Å². The van der Waals surface area contributed by atoms with Gasteiger partial charge in [0.05, 0.1) is 4.90 Å². The Labute approximate surface area is 107 Å². The Bertz CT molecular complexity index is 553. The van der Waals surface area contributed by atoms with E-state index in [0.717, 1.165) is 11.1 Å². The second kappa shape index (κ2) is 5.83. The number of hydrogen-bond acceptors (Lipinski definition) is 4. The summed E-state index contributed by atoms with van der Waals surface area (Å²) in [5.74, 6) is -0.0159. The normalized spacial score (nSPS) is 12.7. The van der Waals surface area contributed by atoms with Crippen LogP contribution in [0.1, 0.15) is 17.5 Å². The molecule has 0 saturated heterocycles. The minimum atomic E-state index is -3.55. The quantitative estimate of drug-likeness (QED) is 0.317. The minimum Gasteiger partial charge on any atom is -0.409 e. The molecule has 1 aromatic rings. The molecule has 1 rings (SSSR count). The molecule has 0 saturated carbocycles. The number of sulfonamides is 1. The predicted octanol–water partition coefficient (Wildman–Crippen LogP) is 0.718. The maximum atomic E-state index is 11.9. The van der Waals surface area contributed by atoms with Crippen LogP contribution in [-0.2, 0) is 10.0 Å². The summed E-state index contributed by atoms with van der Waals surface area (Å²) in [6.07, 6.45) is 0.153. The molecule has 0 radical (unpaired) electrons. The molecule has 0 aromatic heterocycles. The number of aryl methyl sites for hydroxylation is 2. The summed E-state index contributed by atoms with van der Waals surface area (Å²) in [5, 5.41) is 11.1. The van der Waals surface area contributed by atoms with E-state index in [1.165, 1.54) is 0 Å². The van der Waals surface area contributed by atoms with Crippen LogP contribution in [0.25, 0.3) is 0 Å². The number of nitrogens with two attached hydrogens (primary N) is 1. The molecule has 0 bridgehead atoms. The highest BCUT2D eigenvalue weighted by Gasteiger charge is 2.14. The lowest BCUT2D eigenvalue weighted by Gasteiger charge is -2.08. The van der Waals surface area contributed by atoms with Crippen LogP contribution in [0.3, 0.4) is 0 Å². The topological polar surface area (TPSA) is 105 Å². The Morgan fingerprint density at radius 1 is 1.39 bits per heavy atom. The van der Waals surface area contributed by atoms with Gasteiger partial charge in [-0.1, -0.05) is 11.2 Å². The molecule has 0 aliphatic carbocycles. The fraction of sp³-hybridized carbons (Fsp3) is 0.364. The van der Waals surface area contributed by atoms with Gasteiger partial charge in [-0.15, -0.1) is 0 Å². The largest absolute Gasteiger partial charge is 0.409 e. The van der Waals surface area contributed by atoms with Crippen LogP contribution in [0, 0.1) is 13.8 Å². The van der Waals surface area contributed by atoms with E-state index in [4.69, 9.17) is 10.9 Å². The van der Waals surface area contributed by atoms with E-state index < -0.39 is 10.0 Å². The highest BCUT2D eigenvalue weighted by atomic mass is 32.2. The van der Waals surface area contributed by atoms with Crippen LogP contribution in [0.2, 0.25) is 0 Å². The fourth-order valence-corrected chi connectivity index (χ4v) is 2.44. The standard InChI is InChI=1S/C11H17N3O3S/c1-8-3-4-10(7-9(8)2)18(16,17)13-6-5-11(12)14-15/h3-4,7,13,15H,5-6H2,1-2H3,(H2,12,14). The first-order valence-electron chi connectivity index (χ1n) is 5.40. The summed E-state index contributed by atoms with van der Waals surface area (Å²) in [6.45, 7) is 3.85. The Morgan fingerprint density at radius 2 is 2.06 bits per heavy atom. The van der Waals surface area contributed by atoms with Gasteiger partial charge < -0.3 is 10.9 Å². The van der Waals surface area contributed by atoms with Crippen molar-refractivity contribution in [3.8, 4) is 0 Å². The van der Waals surface area contributed by atoms with E-state index in [0.29, 0.717) is 0 Å². The molecule has 0 amide bonds. The molecule has 4 N–H and O–H groups in total. The number of oxime groups is 1. The average molecular weight is 271 g/mol. The molecule has 6 nitrogen and oxygen atoms in total. The zero-order valence-corrected chi connectivity index (χ0v) is 11.2. The van der Waals surface area contributed by atoms with Crippen molar-refractivity contribution in [1.82, 2.24) is 4.72 Å². The van der Waals surface area contributed by atoms with Gasteiger partial charge in [-0.3, -0.25) is 0 Å². The Kier molecular flexibility index (Phi) is 4.69. The van der Waals surface area contributed by atoms with Crippen molar-refractivity contribution in [3.05, 3.63) is 29.3 Å². The lowest BCUT2D eigenvalue weighted by Crippen LogP contribution is -2.28. The minimum absolute atomic E-state index is 0.0159.